The number of aliphatic carboxylic acids is 1. The van der Waals surface area contributed by atoms with Gasteiger partial charge in [0.25, 0.3) is 0 Å². The van der Waals surface area contributed by atoms with Crippen LogP contribution in [0.3, 0.4) is 0 Å². The van der Waals surface area contributed by atoms with Crippen LogP contribution in [0.15, 0.2) is 48.5 Å². The van der Waals surface area contributed by atoms with Crippen molar-refractivity contribution in [2.75, 3.05) is 13.1 Å². The van der Waals surface area contributed by atoms with Gasteiger partial charge in [-0.1, -0.05) is 30.3 Å². The SMILES string of the molecule is Cc1[nH]c(CN2CCC(Oc3ccc4ccccc4c3)(C(=O)O)CC2)cc1C#N. The first-order chi connectivity index (χ1) is 14.0. The van der Waals surface area contributed by atoms with Gasteiger partial charge >= 0.3 is 5.97 Å². The van der Waals surface area contributed by atoms with Crippen molar-refractivity contribution < 1.29 is 14.6 Å². The summed E-state index contributed by atoms with van der Waals surface area (Å²) in [4.78, 5) is 17.5. The second-order valence-electron chi connectivity index (χ2n) is 7.63. The van der Waals surface area contributed by atoms with E-state index in [1.807, 2.05) is 55.5 Å². The summed E-state index contributed by atoms with van der Waals surface area (Å²) < 4.78 is 6.07. The molecule has 4 rings (SSSR count). The van der Waals surface area contributed by atoms with Crippen LogP contribution in [0.5, 0.6) is 5.75 Å². The Bertz CT molecular complexity index is 1090. The van der Waals surface area contributed by atoms with Crippen LogP contribution in [-0.2, 0) is 11.3 Å². The predicted molar refractivity (Wildman–Crippen MR) is 110 cm³/mol. The van der Waals surface area contributed by atoms with E-state index in [4.69, 9.17) is 10.00 Å². The molecule has 0 spiro atoms. The van der Waals surface area contributed by atoms with E-state index in [-0.39, 0.29) is 0 Å². The van der Waals surface area contributed by atoms with Gasteiger partial charge in [-0.2, -0.15) is 5.26 Å². The first-order valence-electron chi connectivity index (χ1n) is 9.71. The van der Waals surface area contributed by atoms with Crippen LogP contribution in [0.1, 0.15) is 29.8 Å². The highest BCUT2D eigenvalue weighted by Crippen LogP contribution is 2.31. The van der Waals surface area contributed by atoms with Crippen molar-refractivity contribution in [3.05, 3.63) is 65.5 Å². The van der Waals surface area contributed by atoms with Gasteiger partial charge in [-0.25, -0.2) is 4.79 Å². The zero-order valence-corrected chi connectivity index (χ0v) is 16.3. The average molecular weight is 389 g/mol. The molecule has 0 aliphatic carbocycles. The fraction of sp³-hybridized carbons (Fsp3) is 0.304. The number of likely N-dealkylation sites (tertiary alicyclic amines) is 1. The number of carboxylic acid groups (broad SMARTS) is 1. The maximum Gasteiger partial charge on any atom is 0.348 e. The van der Waals surface area contributed by atoms with Gasteiger partial charge in [-0.05, 0) is 35.9 Å². The van der Waals surface area contributed by atoms with Gasteiger partial charge in [0, 0.05) is 43.9 Å². The normalized spacial score (nSPS) is 16.4. The highest BCUT2D eigenvalue weighted by Gasteiger charge is 2.44. The minimum absolute atomic E-state index is 0.403. The lowest BCUT2D eigenvalue weighted by molar-refractivity contribution is -0.159. The van der Waals surface area contributed by atoms with Crippen LogP contribution >= 0.6 is 0 Å². The van der Waals surface area contributed by atoms with Gasteiger partial charge in [0.1, 0.15) is 11.8 Å². The molecule has 6 nitrogen and oxygen atoms in total. The van der Waals surface area contributed by atoms with Crippen LogP contribution in [0.4, 0.5) is 0 Å². The molecule has 1 aliphatic rings. The predicted octanol–water partition coefficient (Wildman–Crippen LogP) is 3.85. The molecular formula is C23H23N3O3. The molecule has 1 fully saturated rings. The molecule has 3 aromatic rings. The molecule has 148 valence electrons. The number of aromatic nitrogens is 1. The number of carboxylic acids is 1. The van der Waals surface area contributed by atoms with Crippen LogP contribution in [0.25, 0.3) is 10.8 Å². The minimum Gasteiger partial charge on any atom is -0.478 e. The summed E-state index contributed by atoms with van der Waals surface area (Å²) in [6, 6.07) is 17.7. The lowest BCUT2D eigenvalue weighted by Crippen LogP contribution is -2.53. The van der Waals surface area contributed by atoms with Gasteiger partial charge in [0.05, 0.1) is 5.56 Å². The quantitative estimate of drug-likeness (QED) is 0.692. The molecule has 0 amide bonds. The molecule has 6 heteroatoms. The summed E-state index contributed by atoms with van der Waals surface area (Å²) in [5.41, 5.74) is 1.26. The number of aryl methyl sites for hydroxylation is 1. The van der Waals surface area contributed by atoms with E-state index in [0.29, 0.717) is 43.8 Å². The van der Waals surface area contributed by atoms with Gasteiger partial charge in [-0.3, -0.25) is 4.90 Å². The number of carbonyl (C=O) groups is 1. The number of rotatable bonds is 5. The van der Waals surface area contributed by atoms with Crippen molar-refractivity contribution in [3.8, 4) is 11.8 Å². The fourth-order valence-corrected chi connectivity index (χ4v) is 3.96. The minimum atomic E-state index is -1.22. The maximum atomic E-state index is 12.1. The number of nitriles is 1. The molecule has 0 unspecified atom stereocenters. The van der Waals surface area contributed by atoms with Gasteiger partial charge in [0.2, 0.25) is 5.60 Å². The number of aromatic amines is 1. The number of hydrogen-bond acceptors (Lipinski definition) is 4. The second kappa shape index (κ2) is 7.61. The van der Waals surface area contributed by atoms with Gasteiger partial charge < -0.3 is 14.8 Å². The molecule has 1 aromatic heterocycles. The zero-order chi connectivity index (χ0) is 20.4. The van der Waals surface area contributed by atoms with Crippen molar-refractivity contribution in [1.29, 1.82) is 5.26 Å². The Morgan fingerprint density at radius 3 is 2.59 bits per heavy atom. The summed E-state index contributed by atoms with van der Waals surface area (Å²) in [5, 5.41) is 21.2. The number of H-pyrrole nitrogens is 1. The smallest absolute Gasteiger partial charge is 0.348 e. The highest BCUT2D eigenvalue weighted by atomic mass is 16.5. The van der Waals surface area contributed by atoms with E-state index in [0.717, 1.165) is 22.2 Å². The lowest BCUT2D eigenvalue weighted by Gasteiger charge is -2.38. The fourth-order valence-electron chi connectivity index (χ4n) is 3.96. The number of nitrogens with one attached hydrogen (secondary N) is 1. The average Bonchev–Trinajstić information content (AvgIpc) is 3.08. The first-order valence-corrected chi connectivity index (χ1v) is 9.71. The largest absolute Gasteiger partial charge is 0.478 e. The van der Waals surface area contributed by atoms with Crippen molar-refractivity contribution >= 4 is 16.7 Å². The van der Waals surface area contributed by atoms with Crippen molar-refractivity contribution in [1.82, 2.24) is 9.88 Å². The first kappa shape index (κ1) is 19.0. The van der Waals surface area contributed by atoms with Crippen molar-refractivity contribution in [3.63, 3.8) is 0 Å². The zero-order valence-electron chi connectivity index (χ0n) is 16.3. The third-order valence-corrected chi connectivity index (χ3v) is 5.67. The Morgan fingerprint density at radius 2 is 1.93 bits per heavy atom. The van der Waals surface area contributed by atoms with Crippen LogP contribution in [-0.4, -0.2) is 39.7 Å². The molecule has 0 bridgehead atoms. The monoisotopic (exact) mass is 389 g/mol. The molecule has 0 atom stereocenters. The summed E-state index contributed by atoms with van der Waals surface area (Å²) in [7, 11) is 0. The number of benzene rings is 2. The van der Waals surface area contributed by atoms with E-state index in [1.165, 1.54) is 0 Å². The molecule has 2 heterocycles. The maximum absolute atomic E-state index is 12.1. The van der Waals surface area contributed by atoms with E-state index in [1.54, 1.807) is 0 Å². The van der Waals surface area contributed by atoms with Crippen LogP contribution < -0.4 is 4.74 Å². The van der Waals surface area contributed by atoms with Crippen molar-refractivity contribution in [2.45, 2.75) is 31.9 Å². The van der Waals surface area contributed by atoms with Crippen LogP contribution in [0, 0.1) is 18.3 Å². The number of piperidine rings is 1. The number of nitrogens with zero attached hydrogens (tertiary/aromatic N) is 2. The molecule has 2 N–H and O–H groups in total. The number of hydrogen-bond donors (Lipinski definition) is 2. The topological polar surface area (TPSA) is 89.3 Å². The van der Waals surface area contributed by atoms with E-state index in [9.17, 15) is 9.90 Å². The van der Waals surface area contributed by atoms with Crippen LogP contribution in [0.2, 0.25) is 0 Å². The molecule has 2 aromatic carbocycles. The third kappa shape index (κ3) is 3.82. The van der Waals surface area contributed by atoms with Crippen molar-refractivity contribution in [2.24, 2.45) is 0 Å². The Labute approximate surface area is 169 Å². The lowest BCUT2D eigenvalue weighted by atomic mass is 9.91. The Morgan fingerprint density at radius 1 is 1.21 bits per heavy atom. The standard InChI is InChI=1S/C23H23N3O3/c1-16-19(14-24)12-20(25-16)15-26-10-8-23(9-11-26,22(27)28)29-21-7-6-17-4-2-3-5-18(17)13-21/h2-7,12-13,25H,8-11,15H2,1H3,(H,27,28). The Kier molecular flexibility index (Phi) is 4.99. The van der Waals surface area contributed by atoms with Gasteiger partial charge in [0.15, 0.2) is 0 Å². The van der Waals surface area contributed by atoms with E-state index in [2.05, 4.69) is 16.0 Å². The molecule has 0 radical (unpaired) electrons. The van der Waals surface area contributed by atoms with E-state index < -0.39 is 11.6 Å². The molecule has 1 aliphatic heterocycles. The van der Waals surface area contributed by atoms with E-state index >= 15 is 0 Å². The second-order valence-corrected chi connectivity index (χ2v) is 7.63. The van der Waals surface area contributed by atoms with Gasteiger partial charge in [-0.15, -0.1) is 0 Å². The summed E-state index contributed by atoms with van der Waals surface area (Å²) in [6.45, 7) is 3.76. The Balaban J connectivity index is 1.46. The summed E-state index contributed by atoms with van der Waals surface area (Å²) >= 11 is 0. The number of fused-ring (bicyclic) bond motifs is 1. The number of ether oxygens (including phenoxy) is 1. The third-order valence-electron chi connectivity index (χ3n) is 5.67. The summed E-state index contributed by atoms with van der Waals surface area (Å²) in [5.74, 6) is -0.342. The highest BCUT2D eigenvalue weighted by molar-refractivity contribution is 5.84. The molecule has 1 saturated heterocycles. The summed E-state index contributed by atoms with van der Waals surface area (Å²) in [6.07, 6.45) is 0.805. The Hall–Kier alpha value is -3.30. The molecule has 29 heavy (non-hydrogen) atoms. The molecular weight excluding hydrogens is 366 g/mol. The molecule has 0 saturated carbocycles.